The fourth-order valence-corrected chi connectivity index (χ4v) is 5.40. The van der Waals surface area contributed by atoms with E-state index in [1.54, 1.807) is 0 Å². The number of rotatable bonds is 8. The Hall–Kier alpha value is -3.72. The summed E-state index contributed by atoms with van der Waals surface area (Å²) in [5.41, 5.74) is 4.87. The predicted octanol–water partition coefficient (Wildman–Crippen LogP) is 4.59. The number of benzene rings is 2. The highest BCUT2D eigenvalue weighted by atomic mass is 16.5. The molecule has 0 bridgehead atoms. The third-order valence-corrected chi connectivity index (χ3v) is 8.22. The summed E-state index contributed by atoms with van der Waals surface area (Å²) in [6.45, 7) is 16.5. The number of anilines is 1. The summed E-state index contributed by atoms with van der Waals surface area (Å²) in [7, 11) is 0. The molecule has 0 aliphatic carbocycles. The van der Waals surface area contributed by atoms with Gasteiger partial charge in [0.2, 0.25) is 0 Å². The molecule has 0 spiro atoms. The van der Waals surface area contributed by atoms with Gasteiger partial charge in [-0.2, -0.15) is 0 Å². The van der Waals surface area contributed by atoms with Gasteiger partial charge in [0, 0.05) is 48.3 Å². The molecule has 2 aromatic heterocycles. The van der Waals surface area contributed by atoms with Gasteiger partial charge in [0.15, 0.2) is 5.82 Å². The standard InChI is InChI=1S/C30H39N7O2/c1-7-30(5,6)37-28(32-33-34-37)27(24-19-22-18-23(39-8-2)12-13-25(22)31-29(24)38)36-16-14-35(15-17-36)26-11-9-10-20(3)21(26)4/h9-13,18-19,27H,7-8,14-17H2,1-6H3,(H,31,38)/t27-/m1/s1. The van der Waals surface area contributed by atoms with Crippen molar-refractivity contribution in [3.05, 3.63) is 75.3 Å². The van der Waals surface area contributed by atoms with Gasteiger partial charge < -0.3 is 14.6 Å². The van der Waals surface area contributed by atoms with Crippen LogP contribution in [0.25, 0.3) is 10.9 Å². The van der Waals surface area contributed by atoms with Crippen LogP contribution in [0.3, 0.4) is 0 Å². The lowest BCUT2D eigenvalue weighted by Crippen LogP contribution is -2.49. The Morgan fingerprint density at radius 3 is 2.54 bits per heavy atom. The fraction of sp³-hybridized carbons (Fsp3) is 0.467. The van der Waals surface area contributed by atoms with E-state index < -0.39 is 6.04 Å². The van der Waals surface area contributed by atoms with Crippen molar-refractivity contribution in [1.82, 2.24) is 30.1 Å². The molecule has 1 saturated heterocycles. The number of H-pyrrole nitrogens is 1. The van der Waals surface area contributed by atoms with E-state index in [0.29, 0.717) is 18.0 Å². The molecule has 0 amide bonds. The topological polar surface area (TPSA) is 92.2 Å². The second-order valence-corrected chi connectivity index (χ2v) is 11.0. The minimum Gasteiger partial charge on any atom is -0.494 e. The number of piperazine rings is 1. The molecule has 9 heteroatoms. The van der Waals surface area contributed by atoms with Crippen LogP contribution in [-0.2, 0) is 5.54 Å². The van der Waals surface area contributed by atoms with Gasteiger partial charge in [-0.3, -0.25) is 9.69 Å². The lowest BCUT2D eigenvalue weighted by atomic mass is 9.98. The number of aromatic amines is 1. The Morgan fingerprint density at radius 2 is 1.82 bits per heavy atom. The first kappa shape index (κ1) is 26.9. The highest BCUT2D eigenvalue weighted by Crippen LogP contribution is 2.33. The molecule has 1 aliphatic heterocycles. The van der Waals surface area contributed by atoms with Gasteiger partial charge in [0.05, 0.1) is 12.1 Å². The maximum Gasteiger partial charge on any atom is 0.253 e. The monoisotopic (exact) mass is 529 g/mol. The normalized spacial score (nSPS) is 15.6. The largest absolute Gasteiger partial charge is 0.494 e. The van der Waals surface area contributed by atoms with Crippen LogP contribution in [0.5, 0.6) is 5.75 Å². The minimum atomic E-state index is -0.393. The second-order valence-electron chi connectivity index (χ2n) is 11.0. The van der Waals surface area contributed by atoms with Crippen molar-refractivity contribution >= 4 is 16.6 Å². The average Bonchev–Trinajstić information content (AvgIpc) is 3.42. The maximum absolute atomic E-state index is 13.6. The molecule has 3 heterocycles. The van der Waals surface area contributed by atoms with Gasteiger partial charge in [0.1, 0.15) is 11.8 Å². The van der Waals surface area contributed by atoms with Crippen molar-refractivity contribution in [3.63, 3.8) is 0 Å². The molecule has 39 heavy (non-hydrogen) atoms. The first-order valence-electron chi connectivity index (χ1n) is 13.9. The first-order chi connectivity index (χ1) is 18.7. The van der Waals surface area contributed by atoms with E-state index in [-0.39, 0.29) is 11.1 Å². The zero-order valence-electron chi connectivity index (χ0n) is 23.9. The summed E-state index contributed by atoms with van der Waals surface area (Å²) < 4.78 is 7.64. The molecule has 9 nitrogen and oxygen atoms in total. The number of hydrogen-bond donors (Lipinski definition) is 1. The molecule has 206 valence electrons. The van der Waals surface area contributed by atoms with Gasteiger partial charge in [-0.05, 0) is 92.9 Å². The van der Waals surface area contributed by atoms with E-state index in [0.717, 1.165) is 49.3 Å². The van der Waals surface area contributed by atoms with Gasteiger partial charge in [-0.1, -0.05) is 19.1 Å². The zero-order valence-corrected chi connectivity index (χ0v) is 23.9. The highest BCUT2D eigenvalue weighted by molar-refractivity contribution is 5.80. The predicted molar refractivity (Wildman–Crippen MR) is 155 cm³/mol. The summed E-state index contributed by atoms with van der Waals surface area (Å²) in [6.07, 6.45) is 0.851. The van der Waals surface area contributed by atoms with E-state index in [1.165, 1.54) is 16.8 Å². The number of aryl methyl sites for hydroxylation is 1. The number of ether oxygens (including phenoxy) is 1. The van der Waals surface area contributed by atoms with E-state index >= 15 is 0 Å². The van der Waals surface area contributed by atoms with Crippen molar-refractivity contribution in [2.75, 3.05) is 37.7 Å². The lowest BCUT2D eigenvalue weighted by Gasteiger charge is -2.40. The summed E-state index contributed by atoms with van der Waals surface area (Å²) in [6, 6.07) is 13.8. The number of nitrogens with zero attached hydrogens (tertiary/aromatic N) is 6. The minimum absolute atomic E-state index is 0.127. The molecular weight excluding hydrogens is 490 g/mol. The quantitative estimate of drug-likeness (QED) is 0.357. The second kappa shape index (κ2) is 10.8. The Labute approximate surface area is 229 Å². The van der Waals surface area contributed by atoms with Crippen molar-refractivity contribution in [3.8, 4) is 5.75 Å². The highest BCUT2D eigenvalue weighted by Gasteiger charge is 2.36. The molecule has 2 aromatic carbocycles. The van der Waals surface area contributed by atoms with Crippen LogP contribution >= 0.6 is 0 Å². The SMILES string of the molecule is CCOc1ccc2[nH]c(=O)c([C@H](c3nnnn3C(C)(C)CC)N3CCN(c4cccc(C)c4C)CC3)cc2c1. The van der Waals surface area contributed by atoms with E-state index in [4.69, 9.17) is 4.74 Å². The number of pyridine rings is 1. The maximum atomic E-state index is 13.6. The van der Waals surface area contributed by atoms with Crippen molar-refractivity contribution in [2.24, 2.45) is 0 Å². The van der Waals surface area contributed by atoms with Crippen LogP contribution in [0.2, 0.25) is 0 Å². The van der Waals surface area contributed by atoms with Crippen molar-refractivity contribution < 1.29 is 4.74 Å². The van der Waals surface area contributed by atoms with Gasteiger partial charge in [0.25, 0.3) is 5.56 Å². The van der Waals surface area contributed by atoms with E-state index in [1.807, 2.05) is 35.9 Å². The van der Waals surface area contributed by atoms with Gasteiger partial charge in [-0.15, -0.1) is 5.10 Å². The van der Waals surface area contributed by atoms with Gasteiger partial charge >= 0.3 is 0 Å². The number of tetrazole rings is 1. The number of aromatic nitrogens is 5. The van der Waals surface area contributed by atoms with Gasteiger partial charge in [-0.25, -0.2) is 4.68 Å². The molecule has 0 saturated carbocycles. The van der Waals surface area contributed by atoms with E-state index in [2.05, 4.69) is 83.1 Å². The number of nitrogens with one attached hydrogen (secondary N) is 1. The third kappa shape index (κ3) is 5.15. The van der Waals surface area contributed by atoms with Crippen LogP contribution in [0, 0.1) is 13.8 Å². The Balaban J connectivity index is 1.57. The zero-order chi connectivity index (χ0) is 27.7. The molecular formula is C30H39N7O2. The summed E-state index contributed by atoms with van der Waals surface area (Å²) in [5.74, 6) is 1.46. The van der Waals surface area contributed by atoms with Crippen LogP contribution in [0.4, 0.5) is 5.69 Å². The number of hydrogen-bond acceptors (Lipinski definition) is 7. The molecule has 4 aromatic rings. The summed E-state index contributed by atoms with van der Waals surface area (Å²) >= 11 is 0. The summed E-state index contributed by atoms with van der Waals surface area (Å²) in [5, 5.41) is 13.9. The summed E-state index contributed by atoms with van der Waals surface area (Å²) in [4.78, 5) is 21.5. The van der Waals surface area contributed by atoms with Crippen LogP contribution < -0.4 is 15.2 Å². The molecule has 1 N–H and O–H groups in total. The fourth-order valence-electron chi connectivity index (χ4n) is 5.40. The molecule has 0 radical (unpaired) electrons. The third-order valence-electron chi connectivity index (χ3n) is 8.22. The Bertz CT molecular complexity index is 1520. The van der Waals surface area contributed by atoms with Crippen LogP contribution in [0.1, 0.15) is 62.7 Å². The smallest absolute Gasteiger partial charge is 0.253 e. The Kier molecular flexibility index (Phi) is 7.44. The van der Waals surface area contributed by atoms with Crippen molar-refractivity contribution in [1.29, 1.82) is 0 Å². The average molecular weight is 530 g/mol. The van der Waals surface area contributed by atoms with E-state index in [9.17, 15) is 4.79 Å². The molecule has 5 rings (SSSR count). The lowest BCUT2D eigenvalue weighted by molar-refractivity contribution is 0.186. The van der Waals surface area contributed by atoms with Crippen LogP contribution in [0.15, 0.2) is 47.3 Å². The molecule has 0 unspecified atom stereocenters. The van der Waals surface area contributed by atoms with Crippen LogP contribution in [-0.4, -0.2) is 62.9 Å². The molecule has 1 fully saturated rings. The molecule has 1 aliphatic rings. The first-order valence-corrected chi connectivity index (χ1v) is 13.9. The van der Waals surface area contributed by atoms with Crippen molar-refractivity contribution in [2.45, 2.75) is 59.5 Å². The molecule has 1 atom stereocenters. The Morgan fingerprint density at radius 1 is 1.05 bits per heavy atom. The number of fused-ring (bicyclic) bond motifs is 1.